The summed E-state index contributed by atoms with van der Waals surface area (Å²) in [5.41, 5.74) is 7.75. The minimum atomic E-state index is 0.656. The fraction of sp³-hybridized carbons (Fsp3) is 0.333. The molecule has 14 heavy (non-hydrogen) atoms. The zero-order chi connectivity index (χ0) is 10.4. The lowest BCUT2D eigenvalue weighted by atomic mass is 10.1. The van der Waals surface area contributed by atoms with Crippen LogP contribution in [0.4, 0.5) is 0 Å². The predicted octanol–water partition coefficient (Wildman–Crippen LogP) is 2.20. The Hall–Kier alpha value is -1.28. The molecular formula is C12H17NO. The molecule has 1 rings (SSSR count). The van der Waals surface area contributed by atoms with E-state index >= 15 is 0 Å². The predicted molar refractivity (Wildman–Crippen MR) is 59.9 cm³/mol. The molecule has 0 radical (unpaired) electrons. The van der Waals surface area contributed by atoms with Gasteiger partial charge < -0.3 is 10.5 Å². The maximum absolute atomic E-state index is 5.46. The van der Waals surface area contributed by atoms with Crippen LogP contribution in [-0.2, 0) is 11.2 Å². The molecule has 0 atom stereocenters. The molecule has 2 nitrogen and oxygen atoms in total. The largest absolute Gasteiger partial charge is 0.494 e. The zero-order valence-electron chi connectivity index (χ0n) is 8.62. The number of hydrogen-bond acceptors (Lipinski definition) is 2. The summed E-state index contributed by atoms with van der Waals surface area (Å²) in [4.78, 5) is 0. The Morgan fingerprint density at radius 3 is 2.50 bits per heavy atom. The molecule has 2 N–H and O–H groups in total. The maximum Gasteiger partial charge on any atom is 0.119 e. The van der Waals surface area contributed by atoms with E-state index in [9.17, 15) is 0 Å². The normalized spacial score (nSPS) is 9.86. The summed E-state index contributed by atoms with van der Waals surface area (Å²) in [6.45, 7) is 7.14. The molecule has 0 spiro atoms. The van der Waals surface area contributed by atoms with Crippen LogP contribution < -0.4 is 5.73 Å². The minimum Gasteiger partial charge on any atom is -0.494 e. The molecule has 0 amide bonds. The topological polar surface area (TPSA) is 35.2 Å². The average Bonchev–Trinajstić information content (AvgIpc) is 2.20. The van der Waals surface area contributed by atoms with Gasteiger partial charge in [-0.1, -0.05) is 30.8 Å². The second-order valence-electron chi connectivity index (χ2n) is 3.09. The number of rotatable bonds is 5. The summed E-state index contributed by atoms with van der Waals surface area (Å²) in [6, 6.07) is 8.16. The van der Waals surface area contributed by atoms with Crippen LogP contribution in [0.5, 0.6) is 0 Å². The van der Waals surface area contributed by atoms with Gasteiger partial charge in [-0.25, -0.2) is 0 Å². The summed E-state index contributed by atoms with van der Waals surface area (Å²) in [6.07, 6.45) is 0.918. The Kier molecular flexibility index (Phi) is 4.20. The quantitative estimate of drug-likeness (QED) is 0.724. The molecular weight excluding hydrogens is 174 g/mol. The second kappa shape index (κ2) is 5.45. The van der Waals surface area contributed by atoms with Crippen LogP contribution in [0.15, 0.2) is 30.8 Å². The van der Waals surface area contributed by atoms with Crippen molar-refractivity contribution in [3.8, 4) is 0 Å². The Bertz CT molecular complexity index is 290. The summed E-state index contributed by atoms with van der Waals surface area (Å²) >= 11 is 0. The maximum atomic E-state index is 5.46. The van der Waals surface area contributed by atoms with Gasteiger partial charge in [-0.3, -0.25) is 0 Å². The zero-order valence-corrected chi connectivity index (χ0v) is 8.62. The first kappa shape index (κ1) is 10.8. The number of benzene rings is 1. The van der Waals surface area contributed by atoms with Crippen molar-refractivity contribution in [2.24, 2.45) is 5.73 Å². The van der Waals surface area contributed by atoms with Gasteiger partial charge in [-0.15, -0.1) is 0 Å². The molecule has 1 aromatic carbocycles. The lowest BCUT2D eigenvalue weighted by molar-refractivity contribution is 0.299. The molecule has 0 saturated carbocycles. The van der Waals surface area contributed by atoms with Crippen LogP contribution >= 0.6 is 0 Å². The monoisotopic (exact) mass is 191 g/mol. The highest BCUT2D eigenvalue weighted by Crippen LogP contribution is 2.14. The van der Waals surface area contributed by atoms with Crippen molar-refractivity contribution in [2.45, 2.75) is 13.3 Å². The van der Waals surface area contributed by atoms with E-state index in [1.807, 2.05) is 19.1 Å². The van der Waals surface area contributed by atoms with Crippen molar-refractivity contribution < 1.29 is 4.74 Å². The van der Waals surface area contributed by atoms with Gasteiger partial charge in [0.05, 0.1) is 6.61 Å². The van der Waals surface area contributed by atoms with Crippen molar-refractivity contribution in [1.82, 2.24) is 0 Å². The molecule has 0 aliphatic carbocycles. The lowest BCUT2D eigenvalue weighted by Crippen LogP contribution is -2.02. The van der Waals surface area contributed by atoms with E-state index < -0.39 is 0 Å². The molecule has 0 bridgehead atoms. The molecule has 0 fully saturated rings. The van der Waals surface area contributed by atoms with Crippen LogP contribution in [0.1, 0.15) is 18.1 Å². The Morgan fingerprint density at radius 1 is 1.36 bits per heavy atom. The Labute approximate surface area is 85.4 Å². The lowest BCUT2D eigenvalue weighted by Gasteiger charge is -2.07. The van der Waals surface area contributed by atoms with Crippen molar-refractivity contribution >= 4 is 5.76 Å². The first-order valence-electron chi connectivity index (χ1n) is 4.89. The molecule has 1 aromatic rings. The molecule has 0 heterocycles. The van der Waals surface area contributed by atoms with Crippen LogP contribution in [0.3, 0.4) is 0 Å². The van der Waals surface area contributed by atoms with E-state index in [1.165, 1.54) is 5.56 Å². The molecule has 0 aromatic heterocycles. The van der Waals surface area contributed by atoms with Gasteiger partial charge in [0.1, 0.15) is 5.76 Å². The van der Waals surface area contributed by atoms with E-state index in [4.69, 9.17) is 10.5 Å². The van der Waals surface area contributed by atoms with Gasteiger partial charge >= 0.3 is 0 Å². The highest BCUT2D eigenvalue weighted by Gasteiger charge is 1.98. The van der Waals surface area contributed by atoms with Crippen molar-refractivity contribution in [3.05, 3.63) is 42.0 Å². The molecule has 0 unspecified atom stereocenters. The highest BCUT2D eigenvalue weighted by atomic mass is 16.5. The first-order chi connectivity index (χ1) is 6.77. The number of hydrogen-bond donors (Lipinski definition) is 1. The van der Waals surface area contributed by atoms with E-state index in [0.717, 1.165) is 17.7 Å². The van der Waals surface area contributed by atoms with Gasteiger partial charge in [-0.05, 0) is 25.5 Å². The van der Waals surface area contributed by atoms with Crippen LogP contribution in [0, 0.1) is 0 Å². The van der Waals surface area contributed by atoms with Crippen molar-refractivity contribution in [2.75, 3.05) is 13.2 Å². The summed E-state index contributed by atoms with van der Waals surface area (Å²) in [7, 11) is 0. The molecule has 0 aliphatic rings. The van der Waals surface area contributed by atoms with Gasteiger partial charge in [0.15, 0.2) is 0 Å². The molecule has 76 valence electrons. The first-order valence-corrected chi connectivity index (χ1v) is 4.89. The van der Waals surface area contributed by atoms with Gasteiger partial charge in [0, 0.05) is 5.56 Å². The van der Waals surface area contributed by atoms with E-state index in [2.05, 4.69) is 18.7 Å². The Balaban J connectivity index is 2.67. The fourth-order valence-corrected chi connectivity index (χ4v) is 1.28. The van der Waals surface area contributed by atoms with Crippen molar-refractivity contribution in [1.29, 1.82) is 0 Å². The van der Waals surface area contributed by atoms with E-state index in [-0.39, 0.29) is 0 Å². The van der Waals surface area contributed by atoms with Crippen LogP contribution in [0.25, 0.3) is 5.76 Å². The third-order valence-corrected chi connectivity index (χ3v) is 2.03. The average molecular weight is 191 g/mol. The SMILES string of the molecule is C=C(OCC)c1ccc(CCN)cc1. The fourth-order valence-electron chi connectivity index (χ4n) is 1.28. The van der Waals surface area contributed by atoms with Gasteiger partial charge in [0.25, 0.3) is 0 Å². The standard InChI is InChI=1S/C12H17NO/c1-3-14-10(2)12-6-4-11(5-7-12)8-9-13/h4-7H,2-3,8-9,13H2,1H3. The minimum absolute atomic E-state index is 0.656. The number of nitrogens with two attached hydrogens (primary N) is 1. The smallest absolute Gasteiger partial charge is 0.119 e. The highest BCUT2D eigenvalue weighted by molar-refractivity contribution is 5.57. The molecule has 0 aliphatic heterocycles. The summed E-state index contributed by atoms with van der Waals surface area (Å²) < 4.78 is 5.31. The van der Waals surface area contributed by atoms with Crippen molar-refractivity contribution in [3.63, 3.8) is 0 Å². The summed E-state index contributed by atoms with van der Waals surface area (Å²) in [5.74, 6) is 0.729. The second-order valence-corrected chi connectivity index (χ2v) is 3.09. The van der Waals surface area contributed by atoms with Crippen LogP contribution in [-0.4, -0.2) is 13.2 Å². The van der Waals surface area contributed by atoms with Gasteiger partial charge in [-0.2, -0.15) is 0 Å². The van der Waals surface area contributed by atoms with Crippen LogP contribution in [0.2, 0.25) is 0 Å². The Morgan fingerprint density at radius 2 is 2.00 bits per heavy atom. The van der Waals surface area contributed by atoms with Gasteiger partial charge in [0.2, 0.25) is 0 Å². The molecule has 2 heteroatoms. The molecule has 0 saturated heterocycles. The van der Waals surface area contributed by atoms with E-state index in [1.54, 1.807) is 0 Å². The number of ether oxygens (including phenoxy) is 1. The summed E-state index contributed by atoms with van der Waals surface area (Å²) in [5, 5.41) is 0. The third-order valence-electron chi connectivity index (χ3n) is 2.03. The van der Waals surface area contributed by atoms with E-state index in [0.29, 0.717) is 13.2 Å². The third kappa shape index (κ3) is 2.89.